The molecule has 0 aliphatic carbocycles. The summed E-state index contributed by atoms with van der Waals surface area (Å²) in [5, 5.41) is 3.13. The van der Waals surface area contributed by atoms with Crippen molar-refractivity contribution in [2.24, 2.45) is 17.8 Å². The number of hydrogen-bond acceptors (Lipinski definition) is 4. The second-order valence-corrected chi connectivity index (χ2v) is 7.28. The zero-order valence-corrected chi connectivity index (χ0v) is 13.9. The maximum atomic E-state index is 12.4. The van der Waals surface area contributed by atoms with Crippen LogP contribution in [0, 0.1) is 17.8 Å². The fourth-order valence-corrected chi connectivity index (χ4v) is 4.22. The van der Waals surface area contributed by atoms with Crippen molar-refractivity contribution in [2.75, 3.05) is 18.8 Å². The summed E-state index contributed by atoms with van der Waals surface area (Å²) < 4.78 is 1.36. The van der Waals surface area contributed by atoms with Gasteiger partial charge in [0.25, 0.3) is 5.56 Å². The predicted octanol–water partition coefficient (Wildman–Crippen LogP) is 0.871. The number of piperidine rings is 2. The Hall–Kier alpha value is -1.82. The molecule has 3 N–H and O–H groups in total. The van der Waals surface area contributed by atoms with Gasteiger partial charge in [0.05, 0.1) is 11.9 Å². The number of nitrogens with two attached hydrogens (primary N) is 1. The van der Waals surface area contributed by atoms with Crippen LogP contribution >= 0.6 is 0 Å². The molecule has 2 fully saturated rings. The quantitative estimate of drug-likeness (QED) is 0.866. The lowest BCUT2D eigenvalue weighted by atomic mass is 9.78. The molecule has 2 saturated heterocycles. The van der Waals surface area contributed by atoms with Crippen LogP contribution in [-0.2, 0) is 11.3 Å². The average molecular weight is 318 g/mol. The van der Waals surface area contributed by atoms with E-state index in [-0.39, 0.29) is 29.9 Å². The van der Waals surface area contributed by atoms with E-state index in [1.165, 1.54) is 11.0 Å². The highest BCUT2D eigenvalue weighted by atomic mass is 16.2. The number of rotatable bonds is 3. The van der Waals surface area contributed by atoms with Crippen molar-refractivity contribution >= 4 is 11.6 Å². The van der Waals surface area contributed by atoms with Crippen molar-refractivity contribution in [3.63, 3.8) is 0 Å². The van der Waals surface area contributed by atoms with Gasteiger partial charge in [-0.15, -0.1) is 0 Å². The smallest absolute Gasteiger partial charge is 0.274 e. The van der Waals surface area contributed by atoms with Gasteiger partial charge in [-0.25, -0.2) is 0 Å². The van der Waals surface area contributed by atoms with Gasteiger partial charge < -0.3 is 15.6 Å². The van der Waals surface area contributed by atoms with Crippen molar-refractivity contribution < 1.29 is 4.79 Å². The topological polar surface area (TPSA) is 80.4 Å². The number of pyridine rings is 1. The lowest BCUT2D eigenvalue weighted by Gasteiger charge is -2.49. The molecule has 5 unspecified atom stereocenters. The van der Waals surface area contributed by atoms with Gasteiger partial charge in [-0.2, -0.15) is 0 Å². The van der Waals surface area contributed by atoms with Crippen LogP contribution in [0.15, 0.2) is 23.1 Å². The van der Waals surface area contributed by atoms with E-state index >= 15 is 0 Å². The Morgan fingerprint density at radius 3 is 2.91 bits per heavy atom. The summed E-state index contributed by atoms with van der Waals surface area (Å²) in [5.41, 5.74) is 5.46. The first kappa shape index (κ1) is 16.1. The molecule has 23 heavy (non-hydrogen) atoms. The number of anilines is 1. The molecule has 3 rings (SSSR count). The van der Waals surface area contributed by atoms with Gasteiger partial charge in [0, 0.05) is 19.3 Å². The summed E-state index contributed by atoms with van der Waals surface area (Å²) in [6.07, 6.45) is 4.12. The van der Waals surface area contributed by atoms with Gasteiger partial charge in [-0.1, -0.05) is 13.8 Å². The normalized spacial score (nSPS) is 33.2. The minimum atomic E-state index is -0.314. The summed E-state index contributed by atoms with van der Waals surface area (Å²) in [6.45, 7) is 6.59. The Kier molecular flexibility index (Phi) is 4.43. The maximum Gasteiger partial charge on any atom is 0.274 e. The fourth-order valence-electron chi connectivity index (χ4n) is 4.22. The molecule has 2 aliphatic rings. The highest BCUT2D eigenvalue weighted by molar-refractivity contribution is 5.76. The van der Waals surface area contributed by atoms with Gasteiger partial charge in [0.15, 0.2) is 0 Å². The van der Waals surface area contributed by atoms with Crippen molar-refractivity contribution in [1.29, 1.82) is 0 Å². The molecule has 6 nitrogen and oxygen atoms in total. The first-order valence-corrected chi connectivity index (χ1v) is 8.42. The third-order valence-electron chi connectivity index (χ3n) is 5.08. The van der Waals surface area contributed by atoms with Gasteiger partial charge in [-0.05, 0) is 42.7 Å². The molecule has 0 saturated carbocycles. The van der Waals surface area contributed by atoms with E-state index in [1.54, 1.807) is 18.3 Å². The molecule has 126 valence electrons. The van der Waals surface area contributed by atoms with E-state index in [0.717, 1.165) is 25.4 Å². The number of aromatic nitrogens is 1. The molecule has 6 heteroatoms. The summed E-state index contributed by atoms with van der Waals surface area (Å²) in [7, 11) is 0. The Balaban J connectivity index is 1.67. The molecule has 1 amide bonds. The van der Waals surface area contributed by atoms with E-state index in [0.29, 0.717) is 11.8 Å². The first-order valence-electron chi connectivity index (χ1n) is 8.42. The minimum absolute atomic E-state index is 0.0138. The SMILES string of the molecule is CC1CC2CC(C)C(NC(=O)Cn3cccc(N)c3=O)N(C1)C2. The molecule has 1 aromatic heterocycles. The molecule has 0 spiro atoms. The molecule has 3 heterocycles. The van der Waals surface area contributed by atoms with Gasteiger partial charge >= 0.3 is 0 Å². The molecule has 0 radical (unpaired) electrons. The third kappa shape index (κ3) is 3.42. The molecule has 0 aromatic carbocycles. The molecule has 1 aromatic rings. The zero-order chi connectivity index (χ0) is 16.6. The van der Waals surface area contributed by atoms with Crippen LogP contribution in [0.25, 0.3) is 0 Å². The second kappa shape index (κ2) is 6.35. The lowest BCUT2D eigenvalue weighted by Crippen LogP contribution is -2.60. The van der Waals surface area contributed by atoms with Crippen LogP contribution in [-0.4, -0.2) is 34.6 Å². The van der Waals surface area contributed by atoms with Crippen LogP contribution in [0.3, 0.4) is 0 Å². The molecule has 2 aliphatic heterocycles. The Bertz CT molecular complexity index is 638. The number of hydrogen-bond donors (Lipinski definition) is 2. The summed E-state index contributed by atoms with van der Waals surface area (Å²) in [4.78, 5) is 26.7. The molecular formula is C17H26N4O2. The average Bonchev–Trinajstić information content (AvgIpc) is 2.47. The number of carbonyl (C=O) groups excluding carboxylic acids is 1. The number of nitrogens with one attached hydrogen (secondary N) is 1. The van der Waals surface area contributed by atoms with Gasteiger partial charge in [-0.3, -0.25) is 14.5 Å². The molecular weight excluding hydrogens is 292 g/mol. The first-order chi connectivity index (χ1) is 10.9. The van der Waals surface area contributed by atoms with Crippen LogP contribution < -0.4 is 16.6 Å². The van der Waals surface area contributed by atoms with E-state index in [9.17, 15) is 9.59 Å². The van der Waals surface area contributed by atoms with Crippen LogP contribution in [0.4, 0.5) is 5.69 Å². The molecule has 2 bridgehead atoms. The predicted molar refractivity (Wildman–Crippen MR) is 89.7 cm³/mol. The summed E-state index contributed by atoms with van der Waals surface area (Å²) in [5.74, 6) is 1.73. The lowest BCUT2D eigenvalue weighted by molar-refractivity contribution is -0.126. The van der Waals surface area contributed by atoms with E-state index in [2.05, 4.69) is 24.1 Å². The zero-order valence-electron chi connectivity index (χ0n) is 13.9. The van der Waals surface area contributed by atoms with E-state index in [4.69, 9.17) is 5.73 Å². The molecule has 5 atom stereocenters. The Labute approximate surface area is 136 Å². The Morgan fingerprint density at radius 1 is 1.35 bits per heavy atom. The van der Waals surface area contributed by atoms with Crippen LogP contribution in [0.1, 0.15) is 26.7 Å². The maximum absolute atomic E-state index is 12.4. The highest BCUT2D eigenvalue weighted by Gasteiger charge is 2.38. The van der Waals surface area contributed by atoms with Gasteiger partial charge in [0.2, 0.25) is 5.91 Å². The van der Waals surface area contributed by atoms with Crippen molar-refractivity contribution in [2.45, 2.75) is 39.4 Å². The van der Waals surface area contributed by atoms with Crippen LogP contribution in [0.2, 0.25) is 0 Å². The van der Waals surface area contributed by atoms with Crippen molar-refractivity contribution in [3.8, 4) is 0 Å². The minimum Gasteiger partial charge on any atom is -0.394 e. The largest absolute Gasteiger partial charge is 0.394 e. The van der Waals surface area contributed by atoms with Gasteiger partial charge in [0.1, 0.15) is 6.54 Å². The van der Waals surface area contributed by atoms with E-state index in [1.807, 2.05) is 0 Å². The van der Waals surface area contributed by atoms with Crippen molar-refractivity contribution in [3.05, 3.63) is 28.7 Å². The number of nitrogen functional groups attached to an aromatic ring is 1. The number of fused-ring (bicyclic) bond motifs is 2. The van der Waals surface area contributed by atoms with Crippen molar-refractivity contribution in [1.82, 2.24) is 14.8 Å². The summed E-state index contributed by atoms with van der Waals surface area (Å²) in [6, 6.07) is 3.24. The third-order valence-corrected chi connectivity index (χ3v) is 5.08. The number of nitrogens with zero attached hydrogens (tertiary/aromatic N) is 2. The Morgan fingerprint density at radius 2 is 2.13 bits per heavy atom. The monoisotopic (exact) mass is 318 g/mol. The highest BCUT2D eigenvalue weighted by Crippen LogP contribution is 2.35. The summed E-state index contributed by atoms with van der Waals surface area (Å²) >= 11 is 0. The van der Waals surface area contributed by atoms with E-state index < -0.39 is 0 Å². The van der Waals surface area contributed by atoms with Crippen LogP contribution in [0.5, 0.6) is 0 Å². The second-order valence-electron chi connectivity index (χ2n) is 7.28. The standard InChI is InChI=1S/C17H26N4O2/c1-11-6-13-7-12(2)16(21(8-11)9-13)19-15(22)10-20-5-3-4-14(18)17(20)23/h3-5,11-13,16H,6-10,18H2,1-2H3,(H,19,22). The number of amides is 1. The fraction of sp³-hybridized carbons (Fsp3) is 0.647. The number of carbonyl (C=O) groups is 1.